The topological polar surface area (TPSA) is 58.2 Å². The van der Waals surface area contributed by atoms with Crippen molar-refractivity contribution in [1.82, 2.24) is 5.32 Å². The number of anilines is 1. The van der Waals surface area contributed by atoms with Crippen molar-refractivity contribution in [2.75, 3.05) is 5.32 Å². The molecular weight excluding hydrogens is 376 g/mol. The van der Waals surface area contributed by atoms with Crippen LogP contribution in [0.1, 0.15) is 22.8 Å². The van der Waals surface area contributed by atoms with Crippen LogP contribution in [0, 0.1) is 0 Å². The highest BCUT2D eigenvalue weighted by Crippen LogP contribution is 2.35. The van der Waals surface area contributed by atoms with Crippen LogP contribution in [0.2, 0.25) is 0 Å². The van der Waals surface area contributed by atoms with Gasteiger partial charge in [-0.25, -0.2) is 0 Å². The standard InChI is InChI=1S/C17H15BrN2O2S/c1-10-16(21)20-14-8-12(5-6-15(14)23-10)17(22)19-9-11-3-2-4-13(18)7-11/h2-8,10H,9H2,1H3,(H,19,22)(H,20,21). The molecule has 1 aliphatic heterocycles. The highest BCUT2D eigenvalue weighted by molar-refractivity contribution is 9.10. The second-order valence-electron chi connectivity index (χ2n) is 5.27. The van der Waals surface area contributed by atoms with Crippen molar-refractivity contribution in [1.29, 1.82) is 0 Å². The van der Waals surface area contributed by atoms with Crippen LogP contribution in [0.4, 0.5) is 5.69 Å². The van der Waals surface area contributed by atoms with E-state index >= 15 is 0 Å². The summed E-state index contributed by atoms with van der Waals surface area (Å²) in [5, 5.41) is 5.62. The molecule has 0 aliphatic carbocycles. The zero-order chi connectivity index (χ0) is 16.4. The second kappa shape index (κ2) is 6.76. The minimum atomic E-state index is -0.161. The van der Waals surface area contributed by atoms with E-state index in [0.717, 1.165) is 14.9 Å². The quantitative estimate of drug-likeness (QED) is 0.837. The minimum absolute atomic E-state index is 0.0332. The van der Waals surface area contributed by atoms with Crippen LogP contribution in [0.15, 0.2) is 51.8 Å². The van der Waals surface area contributed by atoms with Crippen LogP contribution in [-0.2, 0) is 11.3 Å². The van der Waals surface area contributed by atoms with E-state index in [1.165, 1.54) is 11.8 Å². The van der Waals surface area contributed by atoms with Gasteiger partial charge in [0.15, 0.2) is 0 Å². The molecule has 3 rings (SSSR count). The fourth-order valence-corrected chi connectivity index (χ4v) is 3.66. The summed E-state index contributed by atoms with van der Waals surface area (Å²) >= 11 is 4.91. The average Bonchev–Trinajstić information content (AvgIpc) is 2.53. The van der Waals surface area contributed by atoms with Crippen molar-refractivity contribution >= 4 is 45.2 Å². The normalized spacial score (nSPS) is 16.4. The van der Waals surface area contributed by atoms with Gasteiger partial charge in [0.25, 0.3) is 5.91 Å². The van der Waals surface area contributed by atoms with E-state index < -0.39 is 0 Å². The number of fused-ring (bicyclic) bond motifs is 1. The van der Waals surface area contributed by atoms with E-state index in [2.05, 4.69) is 26.6 Å². The van der Waals surface area contributed by atoms with Crippen molar-refractivity contribution in [3.8, 4) is 0 Å². The molecule has 1 atom stereocenters. The number of hydrogen-bond donors (Lipinski definition) is 2. The van der Waals surface area contributed by atoms with Crippen molar-refractivity contribution in [3.63, 3.8) is 0 Å². The average molecular weight is 391 g/mol. The monoisotopic (exact) mass is 390 g/mol. The van der Waals surface area contributed by atoms with Gasteiger partial charge in [0, 0.05) is 21.5 Å². The third kappa shape index (κ3) is 3.76. The van der Waals surface area contributed by atoms with Crippen molar-refractivity contribution < 1.29 is 9.59 Å². The van der Waals surface area contributed by atoms with Crippen LogP contribution in [0.5, 0.6) is 0 Å². The molecule has 0 saturated heterocycles. The van der Waals surface area contributed by atoms with E-state index in [0.29, 0.717) is 17.8 Å². The molecular formula is C17H15BrN2O2S. The number of rotatable bonds is 3. The summed E-state index contributed by atoms with van der Waals surface area (Å²) in [5.74, 6) is -0.195. The van der Waals surface area contributed by atoms with E-state index in [9.17, 15) is 9.59 Å². The first-order valence-electron chi connectivity index (χ1n) is 7.17. The molecule has 2 amide bonds. The molecule has 4 nitrogen and oxygen atoms in total. The molecule has 2 aromatic rings. The fraction of sp³-hybridized carbons (Fsp3) is 0.176. The third-order valence-corrected chi connectivity index (χ3v) is 5.19. The molecule has 0 radical (unpaired) electrons. The predicted molar refractivity (Wildman–Crippen MR) is 95.7 cm³/mol. The third-order valence-electron chi connectivity index (χ3n) is 3.51. The van der Waals surface area contributed by atoms with Gasteiger partial charge in [-0.2, -0.15) is 0 Å². The van der Waals surface area contributed by atoms with Gasteiger partial charge in [0.05, 0.1) is 10.9 Å². The molecule has 1 heterocycles. The lowest BCUT2D eigenvalue weighted by Gasteiger charge is -2.21. The van der Waals surface area contributed by atoms with Crippen molar-refractivity contribution in [2.24, 2.45) is 0 Å². The van der Waals surface area contributed by atoms with Crippen molar-refractivity contribution in [2.45, 2.75) is 23.6 Å². The molecule has 1 unspecified atom stereocenters. The van der Waals surface area contributed by atoms with Gasteiger partial charge in [-0.3, -0.25) is 9.59 Å². The van der Waals surface area contributed by atoms with E-state index in [-0.39, 0.29) is 17.1 Å². The highest BCUT2D eigenvalue weighted by atomic mass is 79.9. The molecule has 23 heavy (non-hydrogen) atoms. The predicted octanol–water partition coefficient (Wildman–Crippen LogP) is 3.81. The molecule has 118 valence electrons. The summed E-state index contributed by atoms with van der Waals surface area (Å²) in [7, 11) is 0. The van der Waals surface area contributed by atoms with Crippen molar-refractivity contribution in [3.05, 3.63) is 58.1 Å². The molecule has 1 aliphatic rings. The summed E-state index contributed by atoms with van der Waals surface area (Å²) < 4.78 is 0.979. The first-order chi connectivity index (χ1) is 11.0. The van der Waals surface area contributed by atoms with E-state index in [4.69, 9.17) is 0 Å². The van der Waals surface area contributed by atoms with Gasteiger partial charge in [-0.05, 0) is 42.8 Å². The molecule has 0 saturated carbocycles. The Bertz CT molecular complexity index is 779. The first-order valence-corrected chi connectivity index (χ1v) is 8.84. The summed E-state index contributed by atoms with van der Waals surface area (Å²) in [6, 6.07) is 13.2. The number of nitrogens with one attached hydrogen (secondary N) is 2. The molecule has 0 bridgehead atoms. The summed E-state index contributed by atoms with van der Waals surface area (Å²) in [6.45, 7) is 2.31. The van der Waals surface area contributed by atoms with Crippen LogP contribution < -0.4 is 10.6 Å². The number of hydrogen-bond acceptors (Lipinski definition) is 3. The number of halogens is 1. The van der Waals surface area contributed by atoms with E-state index in [1.54, 1.807) is 12.1 Å². The van der Waals surface area contributed by atoms with Gasteiger partial charge in [0.1, 0.15) is 0 Å². The molecule has 0 fully saturated rings. The van der Waals surface area contributed by atoms with E-state index in [1.807, 2.05) is 37.3 Å². The Morgan fingerprint density at radius 3 is 2.91 bits per heavy atom. The van der Waals surface area contributed by atoms with Crippen LogP contribution in [0.25, 0.3) is 0 Å². The van der Waals surface area contributed by atoms with Crippen LogP contribution >= 0.6 is 27.7 Å². The minimum Gasteiger partial charge on any atom is -0.348 e. The molecule has 0 spiro atoms. The number of carbonyl (C=O) groups excluding carboxylic acids is 2. The zero-order valence-corrected chi connectivity index (χ0v) is 14.8. The number of benzene rings is 2. The summed E-state index contributed by atoms with van der Waals surface area (Å²) in [4.78, 5) is 25.0. The van der Waals surface area contributed by atoms with Gasteiger partial charge in [-0.15, -0.1) is 11.8 Å². The molecule has 0 aromatic heterocycles. The summed E-state index contributed by atoms with van der Waals surface area (Å²) in [5.41, 5.74) is 2.26. The number of amides is 2. The second-order valence-corrected chi connectivity index (χ2v) is 7.57. The molecule has 6 heteroatoms. The Kier molecular flexibility index (Phi) is 4.73. The molecule has 2 aromatic carbocycles. The smallest absolute Gasteiger partial charge is 0.251 e. The van der Waals surface area contributed by atoms with Crippen LogP contribution in [-0.4, -0.2) is 17.1 Å². The first kappa shape index (κ1) is 16.1. The maximum Gasteiger partial charge on any atom is 0.251 e. The number of thioether (sulfide) groups is 1. The Labute approximate surface area is 147 Å². The lowest BCUT2D eigenvalue weighted by Crippen LogP contribution is -2.27. The van der Waals surface area contributed by atoms with Gasteiger partial charge in [0.2, 0.25) is 5.91 Å². The Morgan fingerprint density at radius 1 is 1.30 bits per heavy atom. The molecule has 2 N–H and O–H groups in total. The Balaban J connectivity index is 1.71. The summed E-state index contributed by atoms with van der Waals surface area (Å²) in [6.07, 6.45) is 0. The maximum atomic E-state index is 12.3. The van der Waals surface area contributed by atoms with Gasteiger partial charge in [-0.1, -0.05) is 28.1 Å². The lowest BCUT2D eigenvalue weighted by molar-refractivity contribution is -0.115. The number of carbonyl (C=O) groups is 2. The SMILES string of the molecule is CC1Sc2ccc(C(=O)NCc3cccc(Br)c3)cc2NC1=O. The Morgan fingerprint density at radius 2 is 2.13 bits per heavy atom. The highest BCUT2D eigenvalue weighted by Gasteiger charge is 2.23. The fourth-order valence-electron chi connectivity index (χ4n) is 2.28. The lowest BCUT2D eigenvalue weighted by atomic mass is 10.1. The Hall–Kier alpha value is -1.79. The van der Waals surface area contributed by atoms with Gasteiger partial charge >= 0.3 is 0 Å². The maximum absolute atomic E-state index is 12.3. The van der Waals surface area contributed by atoms with Crippen LogP contribution in [0.3, 0.4) is 0 Å². The zero-order valence-electron chi connectivity index (χ0n) is 12.4. The van der Waals surface area contributed by atoms with Gasteiger partial charge < -0.3 is 10.6 Å². The largest absolute Gasteiger partial charge is 0.348 e.